The van der Waals surface area contributed by atoms with Gasteiger partial charge < -0.3 is 9.47 Å². The van der Waals surface area contributed by atoms with Crippen LogP contribution in [-0.4, -0.2) is 19.0 Å². The van der Waals surface area contributed by atoms with E-state index in [0.29, 0.717) is 19.1 Å². The number of carbonyl (C=O) groups excluding carboxylic acids is 1. The normalized spacial score (nSPS) is 25.9. The number of hydrogen-bond donors (Lipinski definition) is 0. The van der Waals surface area contributed by atoms with Gasteiger partial charge in [-0.2, -0.15) is 0 Å². The van der Waals surface area contributed by atoms with Crippen LogP contribution in [0.5, 0.6) is 11.5 Å². The number of Topliss-reactive ketones (excluding diaryl/α,β-unsaturated/α-hetero) is 1. The zero-order valence-corrected chi connectivity index (χ0v) is 12.1. The van der Waals surface area contributed by atoms with Gasteiger partial charge in [-0.15, -0.1) is 0 Å². The second-order valence-corrected chi connectivity index (χ2v) is 6.04. The predicted molar refractivity (Wildman–Crippen MR) is 77.5 cm³/mol. The van der Waals surface area contributed by atoms with E-state index in [1.807, 2.05) is 18.2 Å². The van der Waals surface area contributed by atoms with Crippen LogP contribution in [0.15, 0.2) is 18.2 Å². The van der Waals surface area contributed by atoms with Gasteiger partial charge >= 0.3 is 0 Å². The van der Waals surface area contributed by atoms with Crippen LogP contribution in [0.4, 0.5) is 0 Å². The lowest BCUT2D eigenvalue weighted by Gasteiger charge is -2.25. The largest absolute Gasteiger partial charge is 0.490 e. The van der Waals surface area contributed by atoms with Crippen molar-refractivity contribution in [3.05, 3.63) is 23.8 Å². The molecule has 1 aliphatic heterocycles. The molecule has 0 saturated heterocycles. The molecule has 0 amide bonds. The van der Waals surface area contributed by atoms with Crippen molar-refractivity contribution >= 4 is 5.78 Å². The minimum atomic E-state index is 0.184. The van der Waals surface area contributed by atoms with E-state index in [9.17, 15) is 4.79 Å². The average molecular weight is 274 g/mol. The maximum atomic E-state index is 12.6. The number of ketones is 1. The van der Waals surface area contributed by atoms with Gasteiger partial charge in [0.25, 0.3) is 0 Å². The van der Waals surface area contributed by atoms with E-state index >= 15 is 0 Å². The molecule has 0 N–H and O–H groups in total. The summed E-state index contributed by atoms with van der Waals surface area (Å²) in [7, 11) is 0. The first-order valence-electron chi connectivity index (χ1n) is 7.68. The molecule has 1 saturated carbocycles. The Bertz CT molecular complexity index is 495. The Morgan fingerprint density at radius 1 is 1.10 bits per heavy atom. The fourth-order valence-electron chi connectivity index (χ4n) is 3.22. The summed E-state index contributed by atoms with van der Waals surface area (Å²) in [6.07, 6.45) is 5.36. The van der Waals surface area contributed by atoms with E-state index < -0.39 is 0 Å². The average Bonchev–Trinajstić information content (AvgIpc) is 2.71. The highest BCUT2D eigenvalue weighted by Gasteiger charge is 2.26. The first kappa shape index (κ1) is 13.5. The van der Waals surface area contributed by atoms with Gasteiger partial charge in [0.05, 0.1) is 13.2 Å². The van der Waals surface area contributed by atoms with Crippen molar-refractivity contribution in [2.75, 3.05) is 13.2 Å². The topological polar surface area (TPSA) is 35.5 Å². The highest BCUT2D eigenvalue weighted by molar-refractivity contribution is 5.98. The molecule has 3 heteroatoms. The number of ether oxygens (including phenoxy) is 2. The minimum absolute atomic E-state index is 0.184. The number of hydrogen-bond acceptors (Lipinski definition) is 3. The molecule has 3 nitrogen and oxygen atoms in total. The maximum absolute atomic E-state index is 12.6. The van der Waals surface area contributed by atoms with Gasteiger partial charge in [0, 0.05) is 17.9 Å². The number of fused-ring (bicyclic) bond motifs is 1. The maximum Gasteiger partial charge on any atom is 0.166 e. The minimum Gasteiger partial charge on any atom is -0.490 e. The zero-order valence-electron chi connectivity index (χ0n) is 12.1. The van der Waals surface area contributed by atoms with Crippen molar-refractivity contribution in [3.63, 3.8) is 0 Å². The molecule has 1 heterocycles. The van der Waals surface area contributed by atoms with E-state index in [1.54, 1.807) is 0 Å². The van der Waals surface area contributed by atoms with Crippen molar-refractivity contribution in [1.82, 2.24) is 0 Å². The van der Waals surface area contributed by atoms with Gasteiger partial charge in [-0.25, -0.2) is 0 Å². The molecule has 20 heavy (non-hydrogen) atoms. The van der Waals surface area contributed by atoms with Crippen LogP contribution in [0.25, 0.3) is 0 Å². The summed E-state index contributed by atoms with van der Waals surface area (Å²) in [6.45, 7) is 3.58. The Hall–Kier alpha value is -1.51. The molecule has 2 atom stereocenters. The molecule has 2 unspecified atom stereocenters. The van der Waals surface area contributed by atoms with E-state index in [4.69, 9.17) is 9.47 Å². The van der Waals surface area contributed by atoms with Gasteiger partial charge in [-0.3, -0.25) is 4.79 Å². The fraction of sp³-hybridized carbons (Fsp3) is 0.588. The molecular weight excluding hydrogens is 252 g/mol. The second kappa shape index (κ2) is 5.86. The standard InChI is InChI=1S/C17H22O3/c1-12-4-2-5-13(10-12)17(18)14-6-7-15-16(11-14)20-9-3-8-19-15/h6-7,11-13H,2-5,8-10H2,1H3. The Kier molecular flexibility index (Phi) is 3.95. The van der Waals surface area contributed by atoms with Crippen molar-refractivity contribution in [1.29, 1.82) is 0 Å². The Labute approximate surface area is 120 Å². The lowest BCUT2D eigenvalue weighted by molar-refractivity contribution is 0.0868. The van der Waals surface area contributed by atoms with Crippen LogP contribution >= 0.6 is 0 Å². The van der Waals surface area contributed by atoms with E-state index in [2.05, 4.69) is 6.92 Å². The third-order valence-corrected chi connectivity index (χ3v) is 4.34. The number of benzene rings is 1. The van der Waals surface area contributed by atoms with Gasteiger partial charge in [-0.05, 0) is 37.0 Å². The van der Waals surface area contributed by atoms with Crippen molar-refractivity contribution < 1.29 is 14.3 Å². The number of rotatable bonds is 2. The van der Waals surface area contributed by atoms with E-state index in [-0.39, 0.29) is 11.7 Å². The fourth-order valence-corrected chi connectivity index (χ4v) is 3.22. The van der Waals surface area contributed by atoms with Crippen molar-refractivity contribution in [2.45, 2.75) is 39.0 Å². The van der Waals surface area contributed by atoms with Crippen LogP contribution in [0.3, 0.4) is 0 Å². The SMILES string of the molecule is CC1CCCC(C(=O)c2ccc3c(c2)OCCCO3)C1. The van der Waals surface area contributed by atoms with Crippen LogP contribution in [-0.2, 0) is 0 Å². The molecule has 0 spiro atoms. The van der Waals surface area contributed by atoms with Crippen LogP contribution in [0.2, 0.25) is 0 Å². The predicted octanol–water partition coefficient (Wildman–Crippen LogP) is 3.86. The Morgan fingerprint density at radius 3 is 2.70 bits per heavy atom. The zero-order chi connectivity index (χ0) is 13.9. The Balaban J connectivity index is 1.79. The molecule has 1 fully saturated rings. The smallest absolute Gasteiger partial charge is 0.166 e. The molecule has 0 radical (unpaired) electrons. The summed E-state index contributed by atoms with van der Waals surface area (Å²) >= 11 is 0. The summed E-state index contributed by atoms with van der Waals surface area (Å²) in [5.41, 5.74) is 0.772. The van der Waals surface area contributed by atoms with Gasteiger partial charge in [-0.1, -0.05) is 19.8 Å². The van der Waals surface area contributed by atoms with Gasteiger partial charge in [0.15, 0.2) is 17.3 Å². The van der Waals surface area contributed by atoms with E-state index in [1.165, 1.54) is 12.8 Å². The molecular formula is C17H22O3. The summed E-state index contributed by atoms with van der Waals surface area (Å²) in [5, 5.41) is 0. The second-order valence-electron chi connectivity index (χ2n) is 6.04. The third kappa shape index (κ3) is 2.82. The van der Waals surface area contributed by atoms with Crippen LogP contribution in [0, 0.1) is 11.8 Å². The highest BCUT2D eigenvalue weighted by Crippen LogP contribution is 2.34. The molecule has 1 aliphatic carbocycles. The number of carbonyl (C=O) groups is 1. The molecule has 108 valence electrons. The van der Waals surface area contributed by atoms with Crippen LogP contribution in [0.1, 0.15) is 49.4 Å². The van der Waals surface area contributed by atoms with Crippen molar-refractivity contribution in [3.8, 4) is 11.5 Å². The highest BCUT2D eigenvalue weighted by atomic mass is 16.5. The molecule has 1 aromatic rings. The molecule has 1 aromatic carbocycles. The first-order chi connectivity index (χ1) is 9.74. The quantitative estimate of drug-likeness (QED) is 0.768. The summed E-state index contributed by atoms with van der Waals surface area (Å²) in [6, 6.07) is 5.62. The monoisotopic (exact) mass is 274 g/mol. The molecule has 0 bridgehead atoms. The van der Waals surface area contributed by atoms with Crippen molar-refractivity contribution in [2.24, 2.45) is 11.8 Å². The first-order valence-corrected chi connectivity index (χ1v) is 7.68. The van der Waals surface area contributed by atoms with Crippen LogP contribution < -0.4 is 9.47 Å². The molecule has 2 aliphatic rings. The molecule has 3 rings (SSSR count). The van der Waals surface area contributed by atoms with E-state index in [0.717, 1.165) is 36.3 Å². The Morgan fingerprint density at radius 2 is 1.90 bits per heavy atom. The summed E-state index contributed by atoms with van der Waals surface area (Å²) in [4.78, 5) is 12.6. The summed E-state index contributed by atoms with van der Waals surface area (Å²) < 4.78 is 11.3. The third-order valence-electron chi connectivity index (χ3n) is 4.34. The van der Waals surface area contributed by atoms with Gasteiger partial charge in [0.1, 0.15) is 0 Å². The lowest BCUT2D eigenvalue weighted by Crippen LogP contribution is -2.21. The molecule has 0 aromatic heterocycles. The lowest BCUT2D eigenvalue weighted by atomic mass is 9.79. The van der Waals surface area contributed by atoms with Gasteiger partial charge in [0.2, 0.25) is 0 Å². The summed E-state index contributed by atoms with van der Waals surface area (Å²) in [5.74, 6) is 2.60.